The summed E-state index contributed by atoms with van der Waals surface area (Å²) in [4.78, 5) is 42.0. The molecule has 0 radical (unpaired) electrons. The van der Waals surface area contributed by atoms with Gasteiger partial charge in [-0.3, -0.25) is 14.4 Å². The second kappa shape index (κ2) is 14.3. The minimum atomic E-state index is -1.45. The van der Waals surface area contributed by atoms with Crippen LogP contribution in [0.15, 0.2) is 71.8 Å². The number of nitrogens with one attached hydrogen (secondary N) is 1. The van der Waals surface area contributed by atoms with Gasteiger partial charge in [0.25, 0.3) is 0 Å². The standard InChI is InChI=1S/C33H42N4O6/c1-3-12-37(13-4-2)31(40)25-16-24(30(35)39)17-33(18-25,32(41)36-20-22-8-6-5-7-9-22)19-27(38)26(34)14-23-10-11-28-29(15-23)43-21-42-28/h5-11,15-17,26-27,38H,3-4,12-14,18-21,34H2,1-2H3,(H2,35,39)(H,36,41)/t26-,27+,33?/m0/s1. The van der Waals surface area contributed by atoms with Crippen LogP contribution in [0.1, 0.15) is 50.7 Å². The number of hydrogen-bond donors (Lipinski definition) is 4. The summed E-state index contributed by atoms with van der Waals surface area (Å²) < 4.78 is 10.8. The van der Waals surface area contributed by atoms with E-state index in [4.69, 9.17) is 20.9 Å². The molecule has 43 heavy (non-hydrogen) atoms. The fraction of sp³-hybridized carbons (Fsp3) is 0.424. The Morgan fingerprint density at radius 2 is 1.72 bits per heavy atom. The third kappa shape index (κ3) is 7.82. The summed E-state index contributed by atoms with van der Waals surface area (Å²) in [5.41, 5.74) is 12.8. The number of primary amides is 1. The van der Waals surface area contributed by atoms with E-state index >= 15 is 0 Å². The largest absolute Gasteiger partial charge is 0.454 e. The van der Waals surface area contributed by atoms with E-state index in [-0.39, 0.29) is 37.7 Å². The topological polar surface area (TPSA) is 157 Å². The maximum absolute atomic E-state index is 14.1. The lowest BCUT2D eigenvalue weighted by Crippen LogP contribution is -2.48. The average Bonchev–Trinajstić information content (AvgIpc) is 3.47. The molecule has 0 aromatic heterocycles. The van der Waals surface area contributed by atoms with Crippen molar-refractivity contribution in [2.24, 2.45) is 16.9 Å². The Labute approximate surface area is 252 Å². The van der Waals surface area contributed by atoms with Crippen LogP contribution in [0, 0.1) is 5.41 Å². The highest BCUT2D eigenvalue weighted by Crippen LogP contribution is 2.40. The van der Waals surface area contributed by atoms with Gasteiger partial charge in [-0.25, -0.2) is 0 Å². The highest BCUT2D eigenvalue weighted by Gasteiger charge is 2.44. The van der Waals surface area contributed by atoms with Gasteiger partial charge in [0.2, 0.25) is 24.5 Å². The Morgan fingerprint density at radius 3 is 2.40 bits per heavy atom. The van der Waals surface area contributed by atoms with Crippen LogP contribution in [0.5, 0.6) is 11.5 Å². The van der Waals surface area contributed by atoms with Gasteiger partial charge in [-0.2, -0.15) is 0 Å². The van der Waals surface area contributed by atoms with E-state index in [1.165, 1.54) is 12.2 Å². The molecule has 10 nitrogen and oxygen atoms in total. The first-order chi connectivity index (χ1) is 20.7. The van der Waals surface area contributed by atoms with Crippen molar-refractivity contribution in [3.63, 3.8) is 0 Å². The molecule has 0 bridgehead atoms. The first-order valence-corrected chi connectivity index (χ1v) is 14.8. The highest BCUT2D eigenvalue weighted by atomic mass is 16.7. The average molecular weight is 591 g/mol. The lowest BCUT2D eigenvalue weighted by atomic mass is 9.70. The van der Waals surface area contributed by atoms with Gasteiger partial charge in [0, 0.05) is 36.8 Å². The molecular formula is C33H42N4O6. The second-order valence-corrected chi connectivity index (χ2v) is 11.3. The molecule has 3 atom stereocenters. The minimum absolute atomic E-state index is 0.0129. The van der Waals surface area contributed by atoms with Gasteiger partial charge in [0.15, 0.2) is 11.5 Å². The number of aliphatic hydroxyl groups excluding tert-OH is 1. The molecule has 2 aliphatic rings. The fourth-order valence-electron chi connectivity index (χ4n) is 5.63. The maximum atomic E-state index is 14.1. The van der Waals surface area contributed by atoms with Crippen molar-refractivity contribution in [3.8, 4) is 11.5 Å². The van der Waals surface area contributed by atoms with Crippen molar-refractivity contribution in [1.29, 1.82) is 0 Å². The van der Waals surface area contributed by atoms with Crippen LogP contribution in [0.2, 0.25) is 0 Å². The number of amides is 3. The number of ether oxygens (including phenoxy) is 2. The van der Waals surface area contributed by atoms with Crippen molar-refractivity contribution in [1.82, 2.24) is 10.2 Å². The van der Waals surface area contributed by atoms with Crippen LogP contribution in [-0.2, 0) is 27.3 Å². The number of carbonyl (C=O) groups excluding carboxylic acids is 3. The summed E-state index contributed by atoms with van der Waals surface area (Å²) in [6, 6.07) is 14.1. The predicted molar refractivity (Wildman–Crippen MR) is 163 cm³/mol. The molecule has 0 saturated carbocycles. The Bertz CT molecular complexity index is 1370. The summed E-state index contributed by atoms with van der Waals surface area (Å²) in [6.07, 6.45) is 3.49. The first-order valence-electron chi connectivity index (χ1n) is 14.8. The Morgan fingerprint density at radius 1 is 1.02 bits per heavy atom. The quantitative estimate of drug-likeness (QED) is 0.263. The van der Waals surface area contributed by atoms with E-state index < -0.39 is 29.4 Å². The van der Waals surface area contributed by atoms with E-state index in [0.29, 0.717) is 36.6 Å². The van der Waals surface area contributed by atoms with E-state index in [9.17, 15) is 19.5 Å². The summed E-state index contributed by atoms with van der Waals surface area (Å²) in [6.45, 7) is 5.42. The van der Waals surface area contributed by atoms with Crippen molar-refractivity contribution >= 4 is 17.7 Å². The van der Waals surface area contributed by atoms with Crippen LogP contribution >= 0.6 is 0 Å². The summed E-state index contributed by atoms with van der Waals surface area (Å²) in [7, 11) is 0. The summed E-state index contributed by atoms with van der Waals surface area (Å²) in [5.74, 6) is -0.200. The molecule has 1 aliphatic carbocycles. The third-order valence-electron chi connectivity index (χ3n) is 7.83. The SMILES string of the molecule is CCCN(CCC)C(=O)C1=CC(C(N)=O)=CC(C[C@@H](O)[C@@H](N)Cc2ccc3c(c2)OCO3)(C(=O)NCc2ccccc2)C1. The monoisotopic (exact) mass is 590 g/mol. The third-order valence-corrected chi connectivity index (χ3v) is 7.83. The molecule has 2 aromatic rings. The summed E-state index contributed by atoms with van der Waals surface area (Å²) >= 11 is 0. The van der Waals surface area contributed by atoms with Crippen LogP contribution in [-0.4, -0.2) is 59.8 Å². The van der Waals surface area contributed by atoms with Crippen molar-refractivity contribution in [2.45, 2.75) is 64.6 Å². The molecule has 4 rings (SSSR count). The number of fused-ring (bicyclic) bond motifs is 1. The Kier molecular flexibility index (Phi) is 10.6. The molecular weight excluding hydrogens is 548 g/mol. The van der Waals surface area contributed by atoms with E-state index in [1.54, 1.807) is 11.0 Å². The molecule has 0 fully saturated rings. The van der Waals surface area contributed by atoms with E-state index in [0.717, 1.165) is 24.0 Å². The minimum Gasteiger partial charge on any atom is -0.454 e. The smallest absolute Gasteiger partial charge is 0.249 e. The lowest BCUT2D eigenvalue weighted by Gasteiger charge is -2.37. The number of aliphatic hydroxyl groups is 1. The van der Waals surface area contributed by atoms with Crippen LogP contribution in [0.4, 0.5) is 0 Å². The second-order valence-electron chi connectivity index (χ2n) is 11.3. The molecule has 1 heterocycles. The van der Waals surface area contributed by atoms with Crippen molar-refractivity contribution < 1.29 is 29.0 Å². The van der Waals surface area contributed by atoms with Gasteiger partial charge in [-0.15, -0.1) is 0 Å². The molecule has 230 valence electrons. The molecule has 3 amide bonds. The number of rotatable bonds is 14. The van der Waals surface area contributed by atoms with Gasteiger partial charge in [0.05, 0.1) is 11.5 Å². The van der Waals surface area contributed by atoms with E-state index in [2.05, 4.69) is 5.32 Å². The summed E-state index contributed by atoms with van der Waals surface area (Å²) in [5, 5.41) is 14.4. The molecule has 0 spiro atoms. The van der Waals surface area contributed by atoms with Crippen molar-refractivity contribution in [3.05, 3.63) is 83.0 Å². The fourth-order valence-corrected chi connectivity index (χ4v) is 5.63. The highest BCUT2D eigenvalue weighted by molar-refractivity contribution is 6.03. The first kappa shape index (κ1) is 31.8. The van der Waals surface area contributed by atoms with E-state index in [1.807, 2.05) is 56.3 Å². The number of carbonyl (C=O) groups is 3. The normalized spacial score (nSPS) is 18.7. The zero-order valence-corrected chi connectivity index (χ0v) is 24.9. The molecule has 2 aromatic carbocycles. The molecule has 10 heteroatoms. The number of hydrogen-bond acceptors (Lipinski definition) is 7. The number of nitrogens with zero attached hydrogens (tertiary/aromatic N) is 1. The molecule has 1 unspecified atom stereocenters. The molecule has 0 saturated heterocycles. The number of benzene rings is 2. The van der Waals surface area contributed by atoms with Gasteiger partial charge >= 0.3 is 0 Å². The zero-order chi connectivity index (χ0) is 31.0. The molecule has 6 N–H and O–H groups in total. The van der Waals surface area contributed by atoms with Crippen LogP contribution in [0.25, 0.3) is 0 Å². The van der Waals surface area contributed by atoms with Gasteiger partial charge in [-0.1, -0.05) is 56.3 Å². The van der Waals surface area contributed by atoms with Gasteiger partial charge in [-0.05, 0) is 61.4 Å². The maximum Gasteiger partial charge on any atom is 0.249 e. The van der Waals surface area contributed by atoms with Gasteiger partial charge < -0.3 is 36.3 Å². The zero-order valence-electron chi connectivity index (χ0n) is 24.9. The van der Waals surface area contributed by atoms with Gasteiger partial charge in [0.1, 0.15) is 0 Å². The van der Waals surface area contributed by atoms with Crippen molar-refractivity contribution in [2.75, 3.05) is 19.9 Å². The number of nitrogens with two attached hydrogens (primary N) is 2. The Balaban J connectivity index is 1.63. The van der Waals surface area contributed by atoms with Crippen LogP contribution in [0.3, 0.4) is 0 Å². The lowest BCUT2D eigenvalue weighted by molar-refractivity contribution is -0.131. The predicted octanol–water partition coefficient (Wildman–Crippen LogP) is 2.73. The molecule has 1 aliphatic heterocycles. The Hall–Kier alpha value is -4.15. The van der Waals surface area contributed by atoms with Crippen LogP contribution < -0.4 is 26.3 Å².